The van der Waals surface area contributed by atoms with Gasteiger partial charge in [-0.1, -0.05) is 13.3 Å². The van der Waals surface area contributed by atoms with Gasteiger partial charge in [-0.2, -0.15) is 5.10 Å². The van der Waals surface area contributed by atoms with Crippen molar-refractivity contribution in [2.45, 2.75) is 32.3 Å². The lowest BCUT2D eigenvalue weighted by Crippen LogP contribution is -2.10. The molecule has 2 rings (SSSR count). The summed E-state index contributed by atoms with van der Waals surface area (Å²) >= 11 is 0. The Morgan fingerprint density at radius 2 is 2.36 bits per heavy atom. The van der Waals surface area contributed by atoms with Gasteiger partial charge in [0.25, 0.3) is 0 Å². The second-order valence-corrected chi connectivity index (χ2v) is 4.54. The molecule has 0 bridgehead atoms. The summed E-state index contributed by atoms with van der Waals surface area (Å²) in [6.07, 6.45) is 5.04. The smallest absolute Gasteiger partial charge is 0.101 e. The maximum absolute atomic E-state index is 10.1. The van der Waals surface area contributed by atoms with E-state index in [-0.39, 0.29) is 6.10 Å². The van der Waals surface area contributed by atoms with Gasteiger partial charge in [0.2, 0.25) is 0 Å². The third kappa shape index (κ3) is 1.82. The highest BCUT2D eigenvalue weighted by atomic mass is 16.3. The molecule has 1 N–H and O–H groups in total. The number of aryl methyl sites for hydroxylation is 1. The van der Waals surface area contributed by atoms with E-state index in [1.54, 1.807) is 4.68 Å². The number of aliphatic hydroxyl groups is 1. The van der Waals surface area contributed by atoms with Crippen molar-refractivity contribution in [3.05, 3.63) is 18.0 Å². The highest BCUT2D eigenvalue weighted by Crippen LogP contribution is 2.38. The van der Waals surface area contributed by atoms with Crippen LogP contribution in [0.3, 0.4) is 0 Å². The average molecular weight is 194 g/mol. The van der Waals surface area contributed by atoms with E-state index in [4.69, 9.17) is 0 Å². The molecule has 0 saturated heterocycles. The van der Waals surface area contributed by atoms with E-state index >= 15 is 0 Å². The Bertz CT molecular complexity index is 308. The molecule has 14 heavy (non-hydrogen) atoms. The molecule has 78 valence electrons. The van der Waals surface area contributed by atoms with Crippen molar-refractivity contribution in [1.82, 2.24) is 9.78 Å². The minimum Gasteiger partial charge on any atom is -0.386 e. The predicted molar refractivity (Wildman–Crippen MR) is 54.7 cm³/mol. The summed E-state index contributed by atoms with van der Waals surface area (Å²) in [6.45, 7) is 2.26. The third-order valence-corrected chi connectivity index (χ3v) is 3.22. The number of hydrogen-bond acceptors (Lipinski definition) is 2. The van der Waals surface area contributed by atoms with Crippen molar-refractivity contribution < 1.29 is 5.11 Å². The number of nitrogens with zero attached hydrogens (tertiary/aromatic N) is 2. The van der Waals surface area contributed by atoms with Crippen LogP contribution >= 0.6 is 0 Å². The number of aliphatic hydroxyl groups excluding tert-OH is 1. The molecule has 0 radical (unpaired) electrons. The van der Waals surface area contributed by atoms with Crippen molar-refractivity contribution in [1.29, 1.82) is 0 Å². The lowest BCUT2D eigenvalue weighted by atomic mass is 9.97. The van der Waals surface area contributed by atoms with Crippen LogP contribution in [0.5, 0.6) is 0 Å². The van der Waals surface area contributed by atoms with Gasteiger partial charge in [0, 0.05) is 13.2 Å². The second-order valence-electron chi connectivity index (χ2n) is 4.54. The Kier molecular flexibility index (Phi) is 2.59. The molecule has 1 heterocycles. The first-order valence-electron chi connectivity index (χ1n) is 5.34. The summed E-state index contributed by atoms with van der Waals surface area (Å²) in [4.78, 5) is 0. The van der Waals surface area contributed by atoms with Gasteiger partial charge < -0.3 is 5.11 Å². The fourth-order valence-electron chi connectivity index (χ4n) is 2.37. The summed E-state index contributed by atoms with van der Waals surface area (Å²) in [7, 11) is 1.88. The van der Waals surface area contributed by atoms with Crippen molar-refractivity contribution >= 4 is 0 Å². The molecule has 1 aliphatic carbocycles. The van der Waals surface area contributed by atoms with E-state index in [9.17, 15) is 5.11 Å². The second kappa shape index (κ2) is 3.73. The van der Waals surface area contributed by atoms with Crippen LogP contribution < -0.4 is 0 Å². The van der Waals surface area contributed by atoms with Crippen LogP contribution in [0.25, 0.3) is 0 Å². The van der Waals surface area contributed by atoms with Gasteiger partial charge in [0.1, 0.15) is 6.10 Å². The van der Waals surface area contributed by atoms with Crippen LogP contribution in [0.1, 0.15) is 38.0 Å². The lowest BCUT2D eigenvalue weighted by molar-refractivity contribution is 0.105. The molecule has 1 aliphatic rings. The number of rotatable bonds is 2. The topological polar surface area (TPSA) is 38.0 Å². The SMILES string of the molecule is CC1CCC(C(O)c2ccn(C)n2)C1. The normalized spacial score (nSPS) is 29.4. The largest absolute Gasteiger partial charge is 0.386 e. The maximum Gasteiger partial charge on any atom is 0.101 e. The molecule has 0 spiro atoms. The molecule has 3 atom stereocenters. The predicted octanol–water partition coefficient (Wildman–Crippen LogP) is 1.89. The van der Waals surface area contributed by atoms with Gasteiger partial charge in [-0.15, -0.1) is 0 Å². The zero-order valence-electron chi connectivity index (χ0n) is 8.85. The van der Waals surface area contributed by atoms with Gasteiger partial charge >= 0.3 is 0 Å². The van der Waals surface area contributed by atoms with E-state index < -0.39 is 0 Å². The molecule has 1 aromatic rings. The Morgan fingerprint density at radius 1 is 1.57 bits per heavy atom. The molecule has 3 nitrogen and oxygen atoms in total. The first kappa shape index (κ1) is 9.71. The monoisotopic (exact) mass is 194 g/mol. The fraction of sp³-hybridized carbons (Fsp3) is 0.727. The minimum atomic E-state index is -0.360. The molecule has 0 aliphatic heterocycles. The van der Waals surface area contributed by atoms with E-state index in [0.717, 1.165) is 24.5 Å². The van der Waals surface area contributed by atoms with Crippen LogP contribution in [-0.2, 0) is 7.05 Å². The van der Waals surface area contributed by atoms with Crippen LogP contribution in [-0.4, -0.2) is 14.9 Å². The standard InChI is InChI=1S/C11H18N2O/c1-8-3-4-9(7-8)11(14)10-5-6-13(2)12-10/h5-6,8-9,11,14H,3-4,7H2,1-2H3. The Balaban J connectivity index is 2.05. The summed E-state index contributed by atoms with van der Waals surface area (Å²) in [5, 5.41) is 14.3. The quantitative estimate of drug-likeness (QED) is 0.780. The Labute approximate surface area is 84.7 Å². The Hall–Kier alpha value is -0.830. The van der Waals surface area contributed by atoms with Gasteiger partial charge in [0.05, 0.1) is 5.69 Å². The van der Waals surface area contributed by atoms with Crippen molar-refractivity contribution in [2.75, 3.05) is 0 Å². The van der Waals surface area contributed by atoms with Gasteiger partial charge in [0.15, 0.2) is 0 Å². The molecule has 0 amide bonds. The zero-order chi connectivity index (χ0) is 10.1. The molecule has 3 heteroatoms. The molecule has 1 saturated carbocycles. The van der Waals surface area contributed by atoms with Crippen molar-refractivity contribution in [3.8, 4) is 0 Å². The van der Waals surface area contributed by atoms with E-state index in [1.807, 2.05) is 19.3 Å². The van der Waals surface area contributed by atoms with Gasteiger partial charge in [-0.05, 0) is 30.7 Å². The molecule has 1 fully saturated rings. The summed E-state index contributed by atoms with van der Waals surface area (Å²) < 4.78 is 1.75. The van der Waals surface area contributed by atoms with Crippen LogP contribution in [0.2, 0.25) is 0 Å². The molecule has 0 aromatic carbocycles. The first-order valence-corrected chi connectivity index (χ1v) is 5.34. The number of hydrogen-bond donors (Lipinski definition) is 1. The third-order valence-electron chi connectivity index (χ3n) is 3.22. The minimum absolute atomic E-state index is 0.360. The van der Waals surface area contributed by atoms with Crippen molar-refractivity contribution in [3.63, 3.8) is 0 Å². The van der Waals surface area contributed by atoms with Gasteiger partial charge in [-0.25, -0.2) is 0 Å². The maximum atomic E-state index is 10.1. The number of aromatic nitrogens is 2. The fourth-order valence-corrected chi connectivity index (χ4v) is 2.37. The van der Waals surface area contributed by atoms with E-state index in [2.05, 4.69) is 12.0 Å². The van der Waals surface area contributed by atoms with E-state index in [1.165, 1.54) is 6.42 Å². The van der Waals surface area contributed by atoms with Crippen LogP contribution in [0.4, 0.5) is 0 Å². The average Bonchev–Trinajstić information content (AvgIpc) is 2.73. The lowest BCUT2D eigenvalue weighted by Gasteiger charge is -2.15. The van der Waals surface area contributed by atoms with Gasteiger partial charge in [-0.3, -0.25) is 4.68 Å². The zero-order valence-corrected chi connectivity index (χ0v) is 8.85. The summed E-state index contributed by atoms with van der Waals surface area (Å²) in [5.74, 6) is 1.18. The highest BCUT2D eigenvalue weighted by molar-refractivity contribution is 5.05. The molecular weight excluding hydrogens is 176 g/mol. The van der Waals surface area contributed by atoms with Crippen molar-refractivity contribution in [2.24, 2.45) is 18.9 Å². The van der Waals surface area contributed by atoms with Crippen LogP contribution in [0, 0.1) is 11.8 Å². The van der Waals surface area contributed by atoms with Crippen LogP contribution in [0.15, 0.2) is 12.3 Å². The summed E-state index contributed by atoms with van der Waals surface area (Å²) in [6, 6.07) is 1.91. The molecule has 3 unspecified atom stereocenters. The Morgan fingerprint density at radius 3 is 2.86 bits per heavy atom. The molecular formula is C11H18N2O. The molecule has 1 aromatic heterocycles. The van der Waals surface area contributed by atoms with E-state index in [0.29, 0.717) is 5.92 Å². The first-order chi connectivity index (χ1) is 6.66. The highest BCUT2D eigenvalue weighted by Gasteiger charge is 2.29. The summed E-state index contributed by atoms with van der Waals surface area (Å²) in [5.41, 5.74) is 0.826.